The van der Waals surface area contributed by atoms with Crippen LogP contribution in [0.5, 0.6) is 0 Å². The second-order valence-corrected chi connectivity index (χ2v) is 40.4. The van der Waals surface area contributed by atoms with E-state index in [0.29, 0.717) is 82.1 Å². The van der Waals surface area contributed by atoms with Crippen LogP contribution in [0.15, 0.2) is 257 Å². The highest BCUT2D eigenvalue weighted by atomic mass is 35.5. The van der Waals surface area contributed by atoms with Crippen LogP contribution in [-0.2, 0) is 164 Å². The number of fused-ring (bicyclic) bond motifs is 4. The van der Waals surface area contributed by atoms with Crippen molar-refractivity contribution in [2.45, 2.75) is 59.5 Å². The molecule has 4 unspecified atom stereocenters. The molecular formula is C88H91Cl4FN20O29P4. The molecule has 13 N–H and O–H groups in total. The van der Waals surface area contributed by atoms with Gasteiger partial charge in [-0.1, -0.05) is 94.9 Å². The predicted octanol–water partition coefficient (Wildman–Crippen LogP) is 13.9. The fourth-order valence-electron chi connectivity index (χ4n) is 13.1. The average Bonchev–Trinajstić information content (AvgIpc) is 1.67. The molecule has 5 aromatic carbocycles. The van der Waals surface area contributed by atoms with Crippen LogP contribution in [0.3, 0.4) is 0 Å². The van der Waals surface area contributed by atoms with Crippen molar-refractivity contribution in [3.05, 3.63) is 333 Å². The van der Waals surface area contributed by atoms with Crippen LogP contribution in [0.4, 0.5) is 28.2 Å². The third-order valence-corrected chi connectivity index (χ3v) is 27.1. The summed E-state index contributed by atoms with van der Waals surface area (Å²) in [6.07, 6.45) is 5.50. The Bertz CT molecular complexity index is 7600. The van der Waals surface area contributed by atoms with Crippen molar-refractivity contribution < 1.29 is 121 Å². The highest BCUT2D eigenvalue weighted by molar-refractivity contribution is 7.54. The number of ether oxygens (including phenoxy) is 12. The first-order valence-electron chi connectivity index (χ1n) is 43.0. The molecule has 0 fully saturated rings. The maximum Gasteiger partial charge on any atom is 0.356 e. The topological polar surface area (TPSA) is 631 Å². The maximum absolute atomic E-state index is 13.7. The number of benzene rings is 5. The molecule has 0 amide bonds. The quantitative estimate of drug-likeness (QED) is 0.0126. The summed E-state index contributed by atoms with van der Waals surface area (Å²) in [6, 6.07) is 33.2. The van der Waals surface area contributed by atoms with Crippen LogP contribution in [0.2, 0.25) is 20.1 Å². The Labute approximate surface area is 845 Å². The number of aromatic nitrogens is 16. The van der Waals surface area contributed by atoms with Crippen LogP contribution < -0.4 is 45.2 Å². The minimum absolute atomic E-state index is 0.0115. The monoisotopic (exact) mass is 2170 g/mol. The Balaban J connectivity index is 0.000000154. The molecule has 0 aliphatic carbocycles. The fourth-order valence-corrected chi connectivity index (χ4v) is 18.8. The van der Waals surface area contributed by atoms with Crippen LogP contribution in [0.25, 0.3) is 50.4 Å². The van der Waals surface area contributed by atoms with Crippen molar-refractivity contribution in [1.82, 2.24) is 78.1 Å². The lowest BCUT2D eigenvalue weighted by atomic mass is 10.2. The number of rotatable bonds is 46. The van der Waals surface area contributed by atoms with E-state index in [-0.39, 0.29) is 216 Å². The molecule has 0 saturated carbocycles. The van der Waals surface area contributed by atoms with Crippen LogP contribution in [0, 0.1) is 5.82 Å². The van der Waals surface area contributed by atoms with E-state index in [2.05, 4.69) is 86.1 Å². The minimum atomic E-state index is -3.95. The van der Waals surface area contributed by atoms with Gasteiger partial charge in [0.05, 0.1) is 78.2 Å². The molecule has 17 rings (SSSR count). The Morgan fingerprint density at radius 2 is 0.705 bits per heavy atom. The second kappa shape index (κ2) is 50.1. The number of nitrogens with zero attached hydrogens (tertiary/aromatic N) is 12. The van der Waals surface area contributed by atoms with E-state index in [1.54, 1.807) is 128 Å². The van der Waals surface area contributed by atoms with E-state index in [4.69, 9.17) is 162 Å². The van der Waals surface area contributed by atoms with E-state index in [1.165, 1.54) is 49.8 Å². The molecule has 0 radical (unpaired) electrons. The molecule has 146 heavy (non-hydrogen) atoms. The van der Waals surface area contributed by atoms with Gasteiger partial charge in [0, 0.05) is 51.8 Å². The summed E-state index contributed by atoms with van der Waals surface area (Å²) in [5.41, 5.74) is 25.6. The molecule has 0 saturated heterocycles. The average molecular weight is 2180 g/mol. The number of halogens is 5. The van der Waals surface area contributed by atoms with Crippen molar-refractivity contribution >= 4 is 151 Å². The lowest BCUT2D eigenvalue weighted by Gasteiger charge is -2.19. The maximum atomic E-state index is 13.7. The zero-order valence-corrected chi connectivity index (χ0v) is 83.4. The van der Waals surface area contributed by atoms with E-state index in [1.807, 2.05) is 0 Å². The molecule has 13 aromatic rings. The minimum Gasteiger partial charge on any atom is -0.431 e. The van der Waals surface area contributed by atoms with Gasteiger partial charge >= 0.3 is 30.4 Å². The van der Waals surface area contributed by atoms with Gasteiger partial charge in [-0.15, -0.1) is 0 Å². The van der Waals surface area contributed by atoms with Gasteiger partial charge in [0.15, 0.2) is 79.2 Å². The summed E-state index contributed by atoms with van der Waals surface area (Å²) in [5, 5.41) is 11.5. The highest BCUT2D eigenvalue weighted by Crippen LogP contribution is 2.54. The number of imidazole rings is 4. The van der Waals surface area contributed by atoms with Crippen molar-refractivity contribution in [2.24, 2.45) is 0 Å². The van der Waals surface area contributed by atoms with Crippen LogP contribution in [-0.4, -0.2) is 168 Å². The molecule has 4 aliphatic rings. The Morgan fingerprint density at radius 1 is 0.384 bits per heavy atom. The van der Waals surface area contributed by atoms with E-state index >= 15 is 0 Å². The lowest BCUT2D eigenvalue weighted by molar-refractivity contribution is 0.114. The van der Waals surface area contributed by atoms with Crippen molar-refractivity contribution in [1.29, 1.82) is 0 Å². The molecule has 4 aliphatic heterocycles. The molecule has 4 atom stereocenters. The van der Waals surface area contributed by atoms with E-state index in [9.17, 15) is 46.9 Å². The number of aliphatic hydroxyl groups is 1. The normalized spacial score (nSPS) is 15.1. The number of hydrogen-bond acceptors (Lipinski definition) is 41. The number of H-pyrrole nitrogens is 4. The number of nitrogen functional groups attached to an aromatic ring is 4. The smallest absolute Gasteiger partial charge is 0.356 e. The van der Waals surface area contributed by atoms with Gasteiger partial charge in [-0.2, -0.15) is 19.9 Å². The zero-order chi connectivity index (χ0) is 104. The molecule has 49 nitrogen and oxygen atoms in total. The van der Waals surface area contributed by atoms with E-state index < -0.39 is 77.7 Å². The molecule has 0 spiro atoms. The number of allylic oxidation sites excluding steroid dienone is 1. The lowest BCUT2D eigenvalue weighted by Crippen LogP contribution is -2.13. The van der Waals surface area contributed by atoms with Gasteiger partial charge in [-0.3, -0.25) is 75.5 Å². The van der Waals surface area contributed by atoms with Crippen LogP contribution in [0.1, 0.15) is 34.7 Å². The number of hydrogen-bond donors (Lipinski definition) is 9. The summed E-state index contributed by atoms with van der Waals surface area (Å²) in [7, 11) is -15.3. The molecule has 0 bridgehead atoms. The molecule has 8 aromatic heterocycles. The van der Waals surface area contributed by atoms with Gasteiger partial charge in [-0.25, -0.2) is 24.3 Å². The van der Waals surface area contributed by atoms with E-state index in [0.717, 1.165) is 0 Å². The number of nitrogens with one attached hydrogen (secondary N) is 4. The fraction of sp³-hybridized carbons (Fsp3) is 0.250. The summed E-state index contributed by atoms with van der Waals surface area (Å²) in [4.78, 5) is 89.8. The highest BCUT2D eigenvalue weighted by Gasteiger charge is 2.36. The number of aromatic amines is 4. The Hall–Kier alpha value is -13.5. The third-order valence-electron chi connectivity index (χ3n) is 19.9. The Kier molecular flexibility index (Phi) is 37.1. The van der Waals surface area contributed by atoms with Gasteiger partial charge in [0.25, 0.3) is 46.0 Å². The van der Waals surface area contributed by atoms with Gasteiger partial charge < -0.3 is 121 Å². The van der Waals surface area contributed by atoms with Crippen molar-refractivity contribution in [2.75, 3.05) is 108 Å². The first-order valence-corrected chi connectivity index (χ1v) is 51.4. The molecule has 58 heteroatoms. The summed E-state index contributed by atoms with van der Waals surface area (Å²) in [6.45, 7) is 15.5. The second-order valence-electron chi connectivity index (χ2n) is 30.7. The third kappa shape index (κ3) is 30.6. The summed E-state index contributed by atoms with van der Waals surface area (Å²) in [5.74, 6) is 1.37. The first kappa shape index (κ1) is 108. The number of nitrogens with two attached hydrogens (primary N) is 4. The van der Waals surface area contributed by atoms with Gasteiger partial charge in [0.1, 0.15) is 76.3 Å². The van der Waals surface area contributed by atoms with Crippen LogP contribution >= 0.6 is 76.8 Å². The Morgan fingerprint density at radius 3 is 1.05 bits per heavy atom. The summed E-state index contributed by atoms with van der Waals surface area (Å²) >= 11 is 24.0. The first-order chi connectivity index (χ1) is 70.0. The van der Waals surface area contributed by atoms with Gasteiger partial charge in [0.2, 0.25) is 23.8 Å². The van der Waals surface area contributed by atoms with Crippen molar-refractivity contribution in [3.8, 4) is 0 Å². The largest absolute Gasteiger partial charge is 0.431 e. The SMILES string of the molecule is C=C1OC(C)=C(COP(=O)(COCCn2cnc3c(=O)[nH]c(N)nc32)OCc2cccc(Cl)c2)O1.C=C1OC(CO)=C(COP(=O)(COCCn2cnc3c(=O)[nH]c(N)nc32)OCc2cccc(Cl)c2)O1.C=C1OC(COP(=O)(COCCn2cnc3c(=O)[nH]c(N)nc32)OCc2cccc(F)c2)=C(c2ccc(Cl)cc2)O1.C=C1OC=C(COP(=O)(COCCn2cnc3c(=O)[nH]c(N)nc32)OCc2cccc(Cl)c2)O1. The molecular weight excluding hydrogens is 2090 g/mol. The predicted molar refractivity (Wildman–Crippen MR) is 526 cm³/mol. The standard InChI is InChI=1S/C26H24ClFN5O7P.C21H23ClN5O8P.C21H23ClN5O7P.C20H21ClN5O7P/c1-16-39-21(23(40-16)18-5-7-19(27)8-6-18)13-38-41(35,37-12-17-3-2-4-20(28)11-17)15-36-10-9-33-14-30-22-24(33)31-26(29)32-25(22)34;1-13-34-16(8-28)17(35-13)10-33-36(30,32-9-14-3-2-4-15(22)7-14)12-31-6-5-27-11-24-18-19(27)25-21(23)26-20(18)29;1-13-17(34-14(2)33-13)10-32-35(29,31-9-15-4-3-5-16(22)8-15)12-30-7-6-27-11-24-18-19(27)25-21(23)26-20(18)28;1-13-30-9-16(33-13)10-32-34(28,31-8-14-3-2-4-15(21)7-14)12-29-6-5-26-11-23-17-18(26)24-20(22)25-19(17)27/h2-8,11,14H,1,9-10,12-13,15H2,(H3,29,31,32,34);2-4,7,11,28H,1,5-6,8-10,12H2,(H3,23,25,26,29);3-5,8,11H,2,6-7,9-10,12H2,1H3,(H3,23,25,26,28);2-4,7,9,11H,1,5-6,8,10,12H2,(H3,22,24,25,27). The number of anilines is 4. The van der Waals surface area contributed by atoms with Gasteiger partial charge in [-0.05, 0) is 128 Å². The zero-order valence-electron chi connectivity index (χ0n) is 76.8. The molecule has 772 valence electrons. The molecule has 12 heterocycles. The van der Waals surface area contributed by atoms with Crippen molar-refractivity contribution in [3.63, 3.8) is 0 Å². The summed E-state index contributed by atoms with van der Waals surface area (Å²) < 4.78 is 184. The number of aliphatic hydroxyl groups excluding tert-OH is 1.